The number of nitrogens with zero attached hydrogens (tertiary/aromatic N) is 1. The fourth-order valence-electron chi connectivity index (χ4n) is 1.98. The van der Waals surface area contributed by atoms with Gasteiger partial charge >= 0.3 is 0 Å². The van der Waals surface area contributed by atoms with Crippen LogP contribution in [0.1, 0.15) is 26.7 Å². The second-order valence-electron chi connectivity index (χ2n) is 4.56. The van der Waals surface area contributed by atoms with E-state index < -0.39 is 0 Å². The van der Waals surface area contributed by atoms with Crippen LogP contribution in [0.15, 0.2) is 0 Å². The van der Waals surface area contributed by atoms with E-state index in [4.69, 9.17) is 0 Å². The first-order valence-electron chi connectivity index (χ1n) is 5.23. The summed E-state index contributed by atoms with van der Waals surface area (Å²) in [6.45, 7) is 8.39. The minimum absolute atomic E-state index is 0. The van der Waals surface area contributed by atoms with Crippen LogP contribution in [0.3, 0.4) is 0 Å². The van der Waals surface area contributed by atoms with Crippen LogP contribution in [0.5, 0.6) is 0 Å². The van der Waals surface area contributed by atoms with Crippen molar-refractivity contribution in [2.24, 2.45) is 5.92 Å². The van der Waals surface area contributed by atoms with Gasteiger partial charge in [0.15, 0.2) is 0 Å². The fourth-order valence-corrected chi connectivity index (χ4v) is 1.98. The molecule has 3 heteroatoms. The topological polar surface area (TPSA) is 15.3 Å². The molecule has 0 aromatic heterocycles. The Kier molecular flexibility index (Phi) is 4.02. The first-order chi connectivity index (χ1) is 5.75. The predicted molar refractivity (Wildman–Crippen MR) is 58.5 cm³/mol. The van der Waals surface area contributed by atoms with Crippen LogP contribution in [0, 0.1) is 5.92 Å². The molecule has 1 N–H and O–H groups in total. The Morgan fingerprint density at radius 3 is 2.62 bits per heavy atom. The Morgan fingerprint density at radius 1 is 1.31 bits per heavy atom. The van der Waals surface area contributed by atoms with Gasteiger partial charge in [0.05, 0.1) is 0 Å². The number of piperazine rings is 1. The molecule has 1 heterocycles. The van der Waals surface area contributed by atoms with E-state index >= 15 is 0 Å². The van der Waals surface area contributed by atoms with Gasteiger partial charge in [-0.05, 0) is 32.6 Å². The van der Waals surface area contributed by atoms with Crippen LogP contribution < -0.4 is 5.32 Å². The average molecular weight is 205 g/mol. The van der Waals surface area contributed by atoms with E-state index in [9.17, 15) is 0 Å². The molecule has 2 fully saturated rings. The van der Waals surface area contributed by atoms with Gasteiger partial charge in [-0.15, -0.1) is 12.4 Å². The van der Waals surface area contributed by atoms with Crippen molar-refractivity contribution < 1.29 is 0 Å². The molecule has 13 heavy (non-hydrogen) atoms. The van der Waals surface area contributed by atoms with Gasteiger partial charge in [0, 0.05) is 31.7 Å². The first-order valence-corrected chi connectivity index (χ1v) is 5.23. The van der Waals surface area contributed by atoms with Crippen molar-refractivity contribution in [1.82, 2.24) is 10.2 Å². The van der Waals surface area contributed by atoms with Crippen LogP contribution in [0.25, 0.3) is 0 Å². The molecule has 0 spiro atoms. The Morgan fingerprint density at radius 2 is 2.00 bits per heavy atom. The highest BCUT2D eigenvalue weighted by molar-refractivity contribution is 5.85. The third-order valence-electron chi connectivity index (χ3n) is 3.08. The molecule has 2 nitrogen and oxygen atoms in total. The zero-order valence-electron chi connectivity index (χ0n) is 8.62. The Labute approximate surface area is 87.5 Å². The first kappa shape index (κ1) is 11.3. The maximum Gasteiger partial charge on any atom is 0.0193 e. The number of nitrogens with one attached hydrogen (secondary N) is 1. The van der Waals surface area contributed by atoms with Crippen molar-refractivity contribution in [3.05, 3.63) is 0 Å². The van der Waals surface area contributed by atoms with Crippen LogP contribution in [0.2, 0.25) is 0 Å². The minimum Gasteiger partial charge on any atom is -0.311 e. The summed E-state index contributed by atoms with van der Waals surface area (Å²) in [4.78, 5) is 2.65. The van der Waals surface area contributed by atoms with Crippen molar-refractivity contribution in [2.75, 3.05) is 19.6 Å². The minimum atomic E-state index is 0. The number of rotatable bonds is 2. The van der Waals surface area contributed by atoms with E-state index in [1.807, 2.05) is 0 Å². The molecule has 1 saturated heterocycles. The summed E-state index contributed by atoms with van der Waals surface area (Å²) in [6, 6.07) is 1.45. The molecule has 2 rings (SSSR count). The smallest absolute Gasteiger partial charge is 0.0193 e. The highest BCUT2D eigenvalue weighted by Crippen LogP contribution is 2.30. The lowest BCUT2D eigenvalue weighted by Crippen LogP contribution is -2.54. The SMILES string of the molecule is CC1CN(CC2CC2)C(C)CN1.Cl. The summed E-state index contributed by atoms with van der Waals surface area (Å²) >= 11 is 0. The van der Waals surface area contributed by atoms with E-state index in [0.29, 0.717) is 6.04 Å². The molecule has 1 aliphatic carbocycles. The molecule has 0 aromatic rings. The van der Waals surface area contributed by atoms with E-state index in [0.717, 1.165) is 12.0 Å². The molecule has 0 aromatic carbocycles. The highest BCUT2D eigenvalue weighted by Gasteiger charge is 2.29. The van der Waals surface area contributed by atoms with Gasteiger partial charge in [0.1, 0.15) is 0 Å². The van der Waals surface area contributed by atoms with Gasteiger partial charge in [0.25, 0.3) is 0 Å². The van der Waals surface area contributed by atoms with E-state index in [2.05, 4.69) is 24.1 Å². The van der Waals surface area contributed by atoms with Gasteiger partial charge in [-0.3, -0.25) is 4.90 Å². The normalized spacial score (nSPS) is 35.5. The van der Waals surface area contributed by atoms with Gasteiger partial charge in [0.2, 0.25) is 0 Å². The maximum atomic E-state index is 3.51. The third-order valence-corrected chi connectivity index (χ3v) is 3.08. The van der Waals surface area contributed by atoms with Crippen LogP contribution in [-0.2, 0) is 0 Å². The van der Waals surface area contributed by atoms with E-state index in [-0.39, 0.29) is 12.4 Å². The van der Waals surface area contributed by atoms with E-state index in [1.54, 1.807) is 0 Å². The summed E-state index contributed by atoms with van der Waals surface area (Å²) in [5.41, 5.74) is 0. The largest absolute Gasteiger partial charge is 0.311 e. The Hall–Kier alpha value is 0.210. The number of hydrogen-bond donors (Lipinski definition) is 1. The van der Waals surface area contributed by atoms with Gasteiger partial charge in [-0.1, -0.05) is 0 Å². The second kappa shape index (κ2) is 4.63. The number of hydrogen-bond acceptors (Lipinski definition) is 2. The number of halogens is 1. The Bertz CT molecular complexity index is 157. The van der Waals surface area contributed by atoms with Gasteiger partial charge in [-0.25, -0.2) is 0 Å². The van der Waals surface area contributed by atoms with Crippen molar-refractivity contribution in [1.29, 1.82) is 0 Å². The standard InChI is InChI=1S/C10H20N2.ClH/c1-8-6-12(7-10-3-4-10)9(2)5-11-8;/h8-11H,3-7H2,1-2H3;1H. The molecular formula is C10H21ClN2. The molecule has 0 amide bonds. The van der Waals surface area contributed by atoms with Gasteiger partial charge < -0.3 is 5.32 Å². The van der Waals surface area contributed by atoms with Crippen molar-refractivity contribution >= 4 is 12.4 Å². The predicted octanol–water partition coefficient (Wildman–Crippen LogP) is 1.50. The molecule has 0 radical (unpaired) electrons. The summed E-state index contributed by atoms with van der Waals surface area (Å²) in [5.74, 6) is 1.04. The van der Waals surface area contributed by atoms with Crippen molar-refractivity contribution in [2.45, 2.75) is 38.8 Å². The molecule has 78 valence electrons. The molecule has 0 bridgehead atoms. The molecule has 2 atom stereocenters. The Balaban J connectivity index is 0.000000845. The average Bonchev–Trinajstić information content (AvgIpc) is 2.81. The molecule has 2 unspecified atom stereocenters. The zero-order chi connectivity index (χ0) is 8.55. The quantitative estimate of drug-likeness (QED) is 0.734. The van der Waals surface area contributed by atoms with Crippen LogP contribution >= 0.6 is 12.4 Å². The highest BCUT2D eigenvalue weighted by atomic mass is 35.5. The molecule has 1 saturated carbocycles. The van der Waals surface area contributed by atoms with Crippen molar-refractivity contribution in [3.63, 3.8) is 0 Å². The monoisotopic (exact) mass is 204 g/mol. The molecule has 1 aliphatic heterocycles. The lowest BCUT2D eigenvalue weighted by atomic mass is 10.1. The summed E-state index contributed by atoms with van der Waals surface area (Å²) < 4.78 is 0. The second-order valence-corrected chi connectivity index (χ2v) is 4.56. The zero-order valence-corrected chi connectivity index (χ0v) is 9.44. The summed E-state index contributed by atoms with van der Waals surface area (Å²) in [6.07, 6.45) is 2.95. The van der Waals surface area contributed by atoms with Gasteiger partial charge in [-0.2, -0.15) is 0 Å². The summed E-state index contributed by atoms with van der Waals surface area (Å²) in [5, 5.41) is 3.51. The van der Waals surface area contributed by atoms with Crippen LogP contribution in [0.4, 0.5) is 0 Å². The van der Waals surface area contributed by atoms with Crippen molar-refractivity contribution in [3.8, 4) is 0 Å². The lowest BCUT2D eigenvalue weighted by Gasteiger charge is -2.37. The third kappa shape index (κ3) is 3.12. The maximum absolute atomic E-state index is 3.51. The summed E-state index contributed by atoms with van der Waals surface area (Å²) in [7, 11) is 0. The fraction of sp³-hybridized carbons (Fsp3) is 1.00. The molecular weight excluding hydrogens is 184 g/mol. The van der Waals surface area contributed by atoms with E-state index in [1.165, 1.54) is 32.5 Å². The van der Waals surface area contributed by atoms with Crippen LogP contribution in [-0.4, -0.2) is 36.6 Å². The lowest BCUT2D eigenvalue weighted by molar-refractivity contribution is 0.140. The molecule has 2 aliphatic rings.